The molecule has 2 heteroatoms. The van der Waals surface area contributed by atoms with Crippen molar-refractivity contribution in [3.63, 3.8) is 0 Å². The van der Waals surface area contributed by atoms with Gasteiger partial charge in [-0.25, -0.2) is 0 Å². The van der Waals surface area contributed by atoms with Crippen molar-refractivity contribution in [3.05, 3.63) is 21.9 Å². The van der Waals surface area contributed by atoms with Gasteiger partial charge in [-0.3, -0.25) is 0 Å². The zero-order valence-electron chi connectivity index (χ0n) is 11.8. The molecule has 0 aliphatic rings. The molecule has 0 aromatic carbocycles. The van der Waals surface area contributed by atoms with E-state index < -0.39 is 0 Å². The quantitative estimate of drug-likeness (QED) is 0.683. The van der Waals surface area contributed by atoms with Crippen LogP contribution >= 0.6 is 11.3 Å². The molecule has 1 atom stereocenters. The van der Waals surface area contributed by atoms with E-state index in [2.05, 4.69) is 45.1 Å². The van der Waals surface area contributed by atoms with E-state index in [1.54, 1.807) is 4.88 Å². The molecule has 1 N–H and O–H groups in total. The van der Waals surface area contributed by atoms with Crippen LogP contribution in [0.3, 0.4) is 0 Å². The number of aryl methyl sites for hydroxylation is 2. The first-order valence-corrected chi connectivity index (χ1v) is 7.65. The van der Waals surface area contributed by atoms with Crippen molar-refractivity contribution >= 4 is 11.3 Å². The van der Waals surface area contributed by atoms with Gasteiger partial charge in [0.15, 0.2) is 0 Å². The van der Waals surface area contributed by atoms with Crippen LogP contribution in [0.4, 0.5) is 0 Å². The molecule has 1 nitrogen and oxygen atoms in total. The molecule has 0 aliphatic heterocycles. The summed E-state index contributed by atoms with van der Waals surface area (Å²) in [6.45, 7) is 11.4. The molecule has 0 aliphatic carbocycles. The summed E-state index contributed by atoms with van der Waals surface area (Å²) >= 11 is 1.95. The summed E-state index contributed by atoms with van der Waals surface area (Å²) in [4.78, 5) is 2.98. The highest BCUT2D eigenvalue weighted by Gasteiger charge is 2.04. The number of hydrogen-bond acceptors (Lipinski definition) is 2. The molecule has 0 amide bonds. The van der Waals surface area contributed by atoms with E-state index in [0.29, 0.717) is 0 Å². The Kier molecular flexibility index (Phi) is 6.83. The summed E-state index contributed by atoms with van der Waals surface area (Å²) in [5.74, 6) is 1.59. The standard InChI is InChI=1S/C15H27NS/c1-12(2)11-16-10-9-13(3)5-7-15-8-6-14(4)17-15/h6,8,12-13,16H,5,7,9-11H2,1-4H3. The van der Waals surface area contributed by atoms with Gasteiger partial charge >= 0.3 is 0 Å². The Hall–Kier alpha value is -0.340. The van der Waals surface area contributed by atoms with E-state index in [9.17, 15) is 0 Å². The molecule has 17 heavy (non-hydrogen) atoms. The number of rotatable bonds is 8. The summed E-state index contributed by atoms with van der Waals surface area (Å²) < 4.78 is 0. The molecule has 1 aromatic heterocycles. The van der Waals surface area contributed by atoms with Crippen LogP contribution in [0.2, 0.25) is 0 Å². The molecule has 0 saturated carbocycles. The molecular formula is C15H27NS. The Balaban J connectivity index is 2.07. The van der Waals surface area contributed by atoms with Crippen LogP contribution in [0, 0.1) is 18.8 Å². The maximum Gasteiger partial charge on any atom is 0.00481 e. The predicted molar refractivity (Wildman–Crippen MR) is 78.9 cm³/mol. The SMILES string of the molecule is Cc1ccc(CCC(C)CCNCC(C)C)s1. The lowest BCUT2D eigenvalue weighted by Gasteiger charge is -2.12. The van der Waals surface area contributed by atoms with Crippen LogP contribution < -0.4 is 5.32 Å². The lowest BCUT2D eigenvalue weighted by Crippen LogP contribution is -2.22. The van der Waals surface area contributed by atoms with E-state index in [1.807, 2.05) is 11.3 Å². The topological polar surface area (TPSA) is 12.0 Å². The van der Waals surface area contributed by atoms with Gasteiger partial charge in [0.1, 0.15) is 0 Å². The zero-order chi connectivity index (χ0) is 12.7. The monoisotopic (exact) mass is 253 g/mol. The molecule has 0 radical (unpaired) electrons. The van der Waals surface area contributed by atoms with Crippen LogP contribution in [-0.2, 0) is 6.42 Å². The van der Waals surface area contributed by atoms with Gasteiger partial charge in [0.05, 0.1) is 0 Å². The first-order chi connectivity index (χ1) is 8.08. The molecule has 1 heterocycles. The summed E-state index contributed by atoms with van der Waals surface area (Å²) in [6.07, 6.45) is 3.88. The lowest BCUT2D eigenvalue weighted by atomic mass is 10.0. The second kappa shape index (κ2) is 7.88. The predicted octanol–water partition coefficient (Wildman–Crippen LogP) is 4.26. The Morgan fingerprint density at radius 1 is 1.18 bits per heavy atom. The Labute approximate surface area is 111 Å². The van der Waals surface area contributed by atoms with Crippen molar-refractivity contribution in [2.24, 2.45) is 11.8 Å². The van der Waals surface area contributed by atoms with Crippen molar-refractivity contribution in [2.45, 2.75) is 47.0 Å². The van der Waals surface area contributed by atoms with Gasteiger partial charge in [-0.15, -0.1) is 11.3 Å². The largest absolute Gasteiger partial charge is 0.316 e. The van der Waals surface area contributed by atoms with Crippen LogP contribution in [0.1, 0.15) is 43.4 Å². The van der Waals surface area contributed by atoms with Gasteiger partial charge in [0.2, 0.25) is 0 Å². The first-order valence-electron chi connectivity index (χ1n) is 6.84. The fraction of sp³-hybridized carbons (Fsp3) is 0.733. The van der Waals surface area contributed by atoms with Crippen LogP contribution in [0.15, 0.2) is 12.1 Å². The lowest BCUT2D eigenvalue weighted by molar-refractivity contribution is 0.455. The maximum atomic E-state index is 3.52. The van der Waals surface area contributed by atoms with Crippen molar-refractivity contribution in [2.75, 3.05) is 13.1 Å². The van der Waals surface area contributed by atoms with Crippen molar-refractivity contribution in [1.29, 1.82) is 0 Å². The van der Waals surface area contributed by atoms with E-state index >= 15 is 0 Å². The molecule has 1 unspecified atom stereocenters. The first kappa shape index (κ1) is 14.7. The van der Waals surface area contributed by atoms with Crippen molar-refractivity contribution in [3.8, 4) is 0 Å². The van der Waals surface area contributed by atoms with Crippen molar-refractivity contribution < 1.29 is 0 Å². The molecule has 98 valence electrons. The van der Waals surface area contributed by atoms with Crippen LogP contribution in [0.5, 0.6) is 0 Å². The minimum Gasteiger partial charge on any atom is -0.316 e. The molecular weight excluding hydrogens is 226 g/mol. The molecule has 1 rings (SSSR count). The smallest absolute Gasteiger partial charge is 0.00481 e. The van der Waals surface area contributed by atoms with Gasteiger partial charge in [-0.05, 0) is 63.2 Å². The molecule has 0 saturated heterocycles. The number of hydrogen-bond donors (Lipinski definition) is 1. The van der Waals surface area contributed by atoms with Gasteiger partial charge in [-0.1, -0.05) is 20.8 Å². The number of nitrogens with one attached hydrogen (secondary N) is 1. The van der Waals surface area contributed by atoms with Crippen LogP contribution in [0.25, 0.3) is 0 Å². The fourth-order valence-corrected chi connectivity index (χ4v) is 2.80. The second-order valence-corrected chi connectivity index (χ2v) is 6.92. The van der Waals surface area contributed by atoms with Crippen molar-refractivity contribution in [1.82, 2.24) is 5.32 Å². The third-order valence-corrected chi connectivity index (χ3v) is 4.11. The van der Waals surface area contributed by atoms with E-state index in [-0.39, 0.29) is 0 Å². The Bertz CT molecular complexity index is 304. The van der Waals surface area contributed by atoms with Gasteiger partial charge in [0.25, 0.3) is 0 Å². The maximum absolute atomic E-state index is 3.52. The average Bonchev–Trinajstić information content (AvgIpc) is 2.67. The molecule has 1 aromatic rings. The molecule has 0 spiro atoms. The van der Waals surface area contributed by atoms with Gasteiger partial charge < -0.3 is 5.32 Å². The normalized spacial score (nSPS) is 13.2. The van der Waals surface area contributed by atoms with Crippen LogP contribution in [-0.4, -0.2) is 13.1 Å². The summed E-state index contributed by atoms with van der Waals surface area (Å²) in [5.41, 5.74) is 0. The van der Waals surface area contributed by atoms with E-state index in [4.69, 9.17) is 0 Å². The minimum absolute atomic E-state index is 0.763. The highest BCUT2D eigenvalue weighted by molar-refractivity contribution is 7.11. The Morgan fingerprint density at radius 2 is 1.94 bits per heavy atom. The fourth-order valence-electron chi connectivity index (χ4n) is 1.89. The highest BCUT2D eigenvalue weighted by atomic mass is 32.1. The average molecular weight is 253 g/mol. The number of thiophene rings is 1. The van der Waals surface area contributed by atoms with Gasteiger partial charge in [0, 0.05) is 9.75 Å². The summed E-state index contributed by atoms with van der Waals surface area (Å²) in [7, 11) is 0. The highest BCUT2D eigenvalue weighted by Crippen LogP contribution is 2.19. The second-order valence-electron chi connectivity index (χ2n) is 5.54. The van der Waals surface area contributed by atoms with E-state index in [1.165, 1.54) is 30.7 Å². The van der Waals surface area contributed by atoms with E-state index in [0.717, 1.165) is 18.4 Å². The zero-order valence-corrected chi connectivity index (χ0v) is 12.6. The third-order valence-electron chi connectivity index (χ3n) is 3.05. The molecule has 0 fully saturated rings. The molecule has 0 bridgehead atoms. The Morgan fingerprint density at radius 3 is 2.53 bits per heavy atom. The summed E-state index contributed by atoms with van der Waals surface area (Å²) in [5, 5.41) is 3.52. The third kappa shape index (κ3) is 6.85. The van der Waals surface area contributed by atoms with Gasteiger partial charge in [-0.2, -0.15) is 0 Å². The summed E-state index contributed by atoms with van der Waals surface area (Å²) in [6, 6.07) is 4.51. The minimum atomic E-state index is 0.763.